The van der Waals surface area contributed by atoms with E-state index in [2.05, 4.69) is 15.3 Å². The Labute approximate surface area is 175 Å². The molecule has 1 atom stereocenters. The van der Waals surface area contributed by atoms with E-state index in [1.807, 2.05) is 0 Å². The van der Waals surface area contributed by atoms with Crippen LogP contribution in [0.4, 0.5) is 10.1 Å². The molecule has 0 fully saturated rings. The van der Waals surface area contributed by atoms with Crippen molar-refractivity contribution in [2.24, 2.45) is 7.05 Å². The number of halogens is 2. The van der Waals surface area contributed by atoms with Crippen molar-refractivity contribution in [3.8, 4) is 22.9 Å². The molecule has 0 aliphatic heterocycles. The highest BCUT2D eigenvalue weighted by Crippen LogP contribution is 2.45. The summed E-state index contributed by atoms with van der Waals surface area (Å²) >= 11 is 6.43. The molecule has 0 bridgehead atoms. The lowest BCUT2D eigenvalue weighted by Gasteiger charge is -2.25. The number of fused-ring (bicyclic) bond motifs is 1. The summed E-state index contributed by atoms with van der Waals surface area (Å²) in [5, 5.41) is 22.9. The minimum atomic E-state index is -0.515. The van der Waals surface area contributed by atoms with E-state index < -0.39 is 10.7 Å². The summed E-state index contributed by atoms with van der Waals surface area (Å²) in [7, 11) is 4.48. The fourth-order valence-electron chi connectivity index (χ4n) is 4.05. The monoisotopic (exact) mass is 435 g/mol. The molecular formula is C19H19ClFN5O4. The molecule has 158 valence electrons. The minimum Gasteiger partial charge on any atom is -0.495 e. The van der Waals surface area contributed by atoms with Crippen molar-refractivity contribution in [1.82, 2.24) is 20.0 Å². The molecule has 1 N–H and O–H groups in total. The van der Waals surface area contributed by atoms with Gasteiger partial charge in [-0.1, -0.05) is 11.6 Å². The average Bonchev–Trinajstić information content (AvgIpc) is 3.31. The highest BCUT2D eigenvalue weighted by atomic mass is 35.5. The van der Waals surface area contributed by atoms with E-state index in [9.17, 15) is 10.1 Å². The number of ether oxygens (including phenoxy) is 2. The van der Waals surface area contributed by atoms with Crippen molar-refractivity contribution in [3.05, 3.63) is 50.0 Å². The summed E-state index contributed by atoms with van der Waals surface area (Å²) in [5.41, 5.74) is 2.70. The standard InChI is InChI=1S/C19H19ClFN5O4/c1-25-19(12(8-22-25)26(27)28)18-10-5-4-9(6-11(10)23-24-18)15-16(20)13(29-2)7-14(30-3)17(15)21/h7-9H,4-6H2,1-3H3,(H,23,24). The van der Waals surface area contributed by atoms with E-state index in [4.69, 9.17) is 21.1 Å². The predicted octanol–water partition coefficient (Wildman–Crippen LogP) is 3.80. The van der Waals surface area contributed by atoms with Crippen molar-refractivity contribution < 1.29 is 18.8 Å². The number of benzene rings is 1. The number of nitrogens with zero attached hydrogens (tertiary/aromatic N) is 4. The number of nitrogens with one attached hydrogen (secondary N) is 1. The summed E-state index contributed by atoms with van der Waals surface area (Å²) < 4.78 is 26.9. The molecule has 9 nitrogen and oxygen atoms in total. The van der Waals surface area contributed by atoms with E-state index in [-0.39, 0.29) is 22.4 Å². The molecule has 4 rings (SSSR count). The average molecular weight is 436 g/mol. The molecule has 1 unspecified atom stereocenters. The lowest BCUT2D eigenvalue weighted by Crippen LogP contribution is -2.15. The quantitative estimate of drug-likeness (QED) is 0.482. The Balaban J connectivity index is 1.74. The van der Waals surface area contributed by atoms with Gasteiger partial charge in [0.15, 0.2) is 17.3 Å². The number of H-pyrrole nitrogens is 1. The Morgan fingerprint density at radius 3 is 2.77 bits per heavy atom. The van der Waals surface area contributed by atoms with Crippen LogP contribution in [0, 0.1) is 15.9 Å². The zero-order valence-electron chi connectivity index (χ0n) is 16.5. The lowest BCUT2D eigenvalue weighted by molar-refractivity contribution is -0.384. The molecule has 1 aliphatic carbocycles. The first-order valence-corrected chi connectivity index (χ1v) is 9.57. The second-order valence-corrected chi connectivity index (χ2v) is 7.43. The first-order chi connectivity index (χ1) is 14.4. The van der Waals surface area contributed by atoms with Gasteiger partial charge in [0.2, 0.25) is 0 Å². The Hall–Kier alpha value is -3.14. The molecule has 1 aromatic carbocycles. The fraction of sp³-hybridized carbons (Fsp3) is 0.368. The third-order valence-corrected chi connectivity index (χ3v) is 5.89. The van der Waals surface area contributed by atoms with Gasteiger partial charge in [-0.2, -0.15) is 10.2 Å². The number of aromatic nitrogens is 4. The van der Waals surface area contributed by atoms with Gasteiger partial charge in [-0.25, -0.2) is 4.39 Å². The summed E-state index contributed by atoms with van der Waals surface area (Å²) in [6.07, 6.45) is 2.78. The maximum Gasteiger partial charge on any atom is 0.316 e. The Bertz CT molecular complexity index is 1110. The minimum absolute atomic E-state index is 0.0628. The molecular weight excluding hydrogens is 417 g/mol. The second-order valence-electron chi connectivity index (χ2n) is 7.05. The molecule has 0 spiro atoms. The lowest BCUT2D eigenvalue weighted by atomic mass is 9.81. The van der Waals surface area contributed by atoms with Gasteiger partial charge in [-0.3, -0.25) is 19.9 Å². The second kappa shape index (κ2) is 7.60. The molecule has 0 saturated heterocycles. The number of hydrogen-bond acceptors (Lipinski definition) is 6. The molecule has 2 aromatic heterocycles. The highest BCUT2D eigenvalue weighted by Gasteiger charge is 2.33. The van der Waals surface area contributed by atoms with Crippen LogP contribution in [-0.4, -0.2) is 39.1 Å². The number of rotatable bonds is 5. The maximum atomic E-state index is 15.1. The van der Waals surface area contributed by atoms with E-state index in [1.54, 1.807) is 7.05 Å². The largest absolute Gasteiger partial charge is 0.495 e. The zero-order chi connectivity index (χ0) is 21.6. The predicted molar refractivity (Wildman–Crippen MR) is 107 cm³/mol. The fourth-order valence-corrected chi connectivity index (χ4v) is 4.41. The molecule has 0 amide bonds. The first-order valence-electron chi connectivity index (χ1n) is 9.20. The van der Waals surface area contributed by atoms with E-state index in [1.165, 1.54) is 31.2 Å². The van der Waals surface area contributed by atoms with Crippen LogP contribution in [0.15, 0.2) is 12.3 Å². The Morgan fingerprint density at radius 1 is 1.37 bits per heavy atom. The number of hydrogen-bond donors (Lipinski definition) is 1. The van der Waals surface area contributed by atoms with Crippen molar-refractivity contribution >= 4 is 17.3 Å². The van der Waals surface area contributed by atoms with Gasteiger partial charge >= 0.3 is 5.69 Å². The van der Waals surface area contributed by atoms with Gasteiger partial charge < -0.3 is 9.47 Å². The number of methoxy groups -OCH3 is 2. The maximum absolute atomic E-state index is 15.1. The number of aromatic amines is 1. The third kappa shape index (κ3) is 3.07. The molecule has 0 radical (unpaired) electrons. The summed E-state index contributed by atoms with van der Waals surface area (Å²) in [6.45, 7) is 0. The van der Waals surface area contributed by atoms with Gasteiger partial charge in [0.25, 0.3) is 0 Å². The molecule has 3 aromatic rings. The molecule has 2 heterocycles. The molecule has 30 heavy (non-hydrogen) atoms. The van der Waals surface area contributed by atoms with E-state index in [0.717, 1.165) is 11.3 Å². The summed E-state index contributed by atoms with van der Waals surface area (Å²) in [4.78, 5) is 10.9. The van der Waals surface area contributed by atoms with Gasteiger partial charge in [0.1, 0.15) is 17.6 Å². The zero-order valence-corrected chi connectivity index (χ0v) is 17.3. The summed E-state index contributed by atoms with van der Waals surface area (Å²) in [5.74, 6) is -0.345. The van der Waals surface area contributed by atoms with Crippen LogP contribution in [0.5, 0.6) is 11.5 Å². The van der Waals surface area contributed by atoms with Gasteiger partial charge in [-0.15, -0.1) is 0 Å². The normalized spacial score (nSPS) is 15.7. The van der Waals surface area contributed by atoms with Gasteiger partial charge in [-0.05, 0) is 25.2 Å². The SMILES string of the molecule is COc1cc(OC)c(Cl)c(C2CCc3c(-c4c([N+](=O)[O-])cnn4C)n[nH]c3C2)c1F. The molecule has 11 heteroatoms. The van der Waals surface area contributed by atoms with Crippen molar-refractivity contribution in [3.63, 3.8) is 0 Å². The molecule has 0 saturated carbocycles. The number of aryl methyl sites for hydroxylation is 1. The third-order valence-electron chi connectivity index (χ3n) is 5.50. The van der Waals surface area contributed by atoms with Gasteiger partial charge in [0, 0.05) is 29.9 Å². The topological polar surface area (TPSA) is 108 Å². The molecule has 1 aliphatic rings. The van der Waals surface area contributed by atoms with Crippen LogP contribution in [0.25, 0.3) is 11.4 Å². The Morgan fingerprint density at radius 2 is 2.10 bits per heavy atom. The van der Waals surface area contributed by atoms with Crippen LogP contribution in [0.1, 0.15) is 29.2 Å². The summed E-state index contributed by atoms with van der Waals surface area (Å²) in [6, 6.07) is 1.42. The van der Waals surface area contributed by atoms with Crippen molar-refractivity contribution in [2.45, 2.75) is 25.2 Å². The van der Waals surface area contributed by atoms with E-state index in [0.29, 0.717) is 42.0 Å². The van der Waals surface area contributed by atoms with Crippen LogP contribution < -0.4 is 9.47 Å². The highest BCUT2D eigenvalue weighted by molar-refractivity contribution is 6.33. The number of nitro groups is 1. The van der Waals surface area contributed by atoms with Crippen LogP contribution in [0.2, 0.25) is 5.02 Å². The van der Waals surface area contributed by atoms with Crippen LogP contribution in [-0.2, 0) is 19.9 Å². The van der Waals surface area contributed by atoms with Crippen molar-refractivity contribution in [1.29, 1.82) is 0 Å². The van der Waals surface area contributed by atoms with Gasteiger partial charge in [0.05, 0.1) is 24.2 Å². The first kappa shape index (κ1) is 20.1. The van der Waals surface area contributed by atoms with Crippen LogP contribution in [0.3, 0.4) is 0 Å². The van der Waals surface area contributed by atoms with E-state index >= 15 is 4.39 Å². The Kier molecular flexibility index (Phi) is 5.10. The van der Waals surface area contributed by atoms with Crippen molar-refractivity contribution in [2.75, 3.05) is 14.2 Å². The smallest absolute Gasteiger partial charge is 0.316 e. The van der Waals surface area contributed by atoms with Crippen LogP contribution >= 0.6 is 11.6 Å².